The first-order chi connectivity index (χ1) is 13.2. The highest BCUT2D eigenvalue weighted by Gasteiger charge is 2.20. The van der Waals surface area contributed by atoms with Gasteiger partial charge in [0.2, 0.25) is 11.9 Å². The Morgan fingerprint density at radius 1 is 0.963 bits per heavy atom. The molecule has 8 heteroatoms. The topological polar surface area (TPSA) is 83.0 Å². The Kier molecular flexibility index (Phi) is 4.78. The minimum Gasteiger partial charge on any atom is -0.352 e. The molecule has 1 aliphatic rings. The standard InChI is InChI=1S/C19H22N8/c1-14-4-5-15(2)16(12-14)23-18-24-17(13-22-25-18)26-8-10-27(11-9-26)19-20-6-3-7-21-19/h3-7,12-13H,8-11H2,1-2H3,(H,23,24,25). The fourth-order valence-corrected chi connectivity index (χ4v) is 3.08. The van der Waals surface area contributed by atoms with Gasteiger partial charge in [-0.1, -0.05) is 12.1 Å². The summed E-state index contributed by atoms with van der Waals surface area (Å²) in [6.45, 7) is 7.47. The molecule has 138 valence electrons. The summed E-state index contributed by atoms with van der Waals surface area (Å²) in [5.74, 6) is 2.11. The van der Waals surface area contributed by atoms with E-state index in [4.69, 9.17) is 0 Å². The molecule has 0 atom stereocenters. The minimum absolute atomic E-state index is 0.509. The van der Waals surface area contributed by atoms with Crippen molar-refractivity contribution in [1.29, 1.82) is 0 Å². The minimum atomic E-state index is 0.509. The molecule has 0 radical (unpaired) electrons. The van der Waals surface area contributed by atoms with E-state index in [-0.39, 0.29) is 0 Å². The summed E-state index contributed by atoms with van der Waals surface area (Å²) >= 11 is 0. The number of piperazine rings is 1. The van der Waals surface area contributed by atoms with Crippen LogP contribution in [0.3, 0.4) is 0 Å². The molecule has 3 aromatic rings. The Morgan fingerprint density at radius 2 is 1.70 bits per heavy atom. The number of anilines is 4. The van der Waals surface area contributed by atoms with Crippen molar-refractivity contribution >= 4 is 23.4 Å². The molecule has 0 saturated carbocycles. The van der Waals surface area contributed by atoms with Gasteiger partial charge in [0, 0.05) is 44.3 Å². The second-order valence-corrected chi connectivity index (χ2v) is 6.60. The van der Waals surface area contributed by atoms with E-state index in [9.17, 15) is 0 Å². The van der Waals surface area contributed by atoms with Crippen molar-refractivity contribution in [2.24, 2.45) is 0 Å². The molecule has 1 saturated heterocycles. The molecule has 1 aliphatic heterocycles. The maximum Gasteiger partial charge on any atom is 0.249 e. The number of hydrogen-bond donors (Lipinski definition) is 1. The van der Waals surface area contributed by atoms with Crippen LogP contribution in [0.15, 0.2) is 42.9 Å². The maximum atomic E-state index is 4.65. The molecule has 1 N–H and O–H groups in total. The summed E-state index contributed by atoms with van der Waals surface area (Å²) in [4.78, 5) is 17.7. The van der Waals surface area contributed by atoms with Gasteiger partial charge in [0.25, 0.3) is 0 Å². The number of rotatable bonds is 4. The van der Waals surface area contributed by atoms with E-state index < -0.39 is 0 Å². The van der Waals surface area contributed by atoms with Crippen LogP contribution in [0.2, 0.25) is 0 Å². The lowest BCUT2D eigenvalue weighted by Gasteiger charge is -2.35. The van der Waals surface area contributed by atoms with E-state index in [1.54, 1.807) is 18.6 Å². The predicted molar refractivity (Wildman–Crippen MR) is 105 cm³/mol. The molecule has 0 spiro atoms. The zero-order chi connectivity index (χ0) is 18.6. The first-order valence-electron chi connectivity index (χ1n) is 9.00. The first-order valence-corrected chi connectivity index (χ1v) is 9.00. The van der Waals surface area contributed by atoms with Gasteiger partial charge in [0.05, 0.1) is 6.20 Å². The molecule has 0 unspecified atom stereocenters. The lowest BCUT2D eigenvalue weighted by molar-refractivity contribution is 0.632. The molecule has 4 rings (SSSR count). The summed E-state index contributed by atoms with van der Waals surface area (Å²) in [6, 6.07) is 8.09. The third-order valence-electron chi connectivity index (χ3n) is 4.62. The largest absolute Gasteiger partial charge is 0.352 e. The Morgan fingerprint density at radius 3 is 2.48 bits per heavy atom. The normalized spacial score (nSPS) is 14.3. The quantitative estimate of drug-likeness (QED) is 0.757. The highest BCUT2D eigenvalue weighted by Crippen LogP contribution is 2.21. The van der Waals surface area contributed by atoms with E-state index in [0.29, 0.717) is 5.95 Å². The molecule has 27 heavy (non-hydrogen) atoms. The number of aromatic nitrogens is 5. The molecule has 1 aromatic carbocycles. The van der Waals surface area contributed by atoms with Gasteiger partial charge in [-0.3, -0.25) is 0 Å². The molecule has 0 amide bonds. The van der Waals surface area contributed by atoms with Gasteiger partial charge in [0.15, 0.2) is 5.82 Å². The molecule has 0 aliphatic carbocycles. The van der Waals surface area contributed by atoms with Crippen LogP contribution in [0.1, 0.15) is 11.1 Å². The maximum absolute atomic E-state index is 4.65. The molecule has 3 heterocycles. The van der Waals surface area contributed by atoms with E-state index in [0.717, 1.165) is 49.2 Å². The second-order valence-electron chi connectivity index (χ2n) is 6.60. The summed E-state index contributed by atoms with van der Waals surface area (Å²) in [5, 5.41) is 11.5. The Labute approximate surface area is 158 Å². The van der Waals surface area contributed by atoms with Crippen LogP contribution in [0.5, 0.6) is 0 Å². The van der Waals surface area contributed by atoms with Crippen molar-refractivity contribution < 1.29 is 0 Å². The van der Waals surface area contributed by atoms with Gasteiger partial charge in [-0.15, -0.1) is 5.10 Å². The summed E-state index contributed by atoms with van der Waals surface area (Å²) in [7, 11) is 0. The lowest BCUT2D eigenvalue weighted by atomic mass is 10.1. The van der Waals surface area contributed by atoms with Gasteiger partial charge < -0.3 is 15.1 Å². The third-order valence-corrected chi connectivity index (χ3v) is 4.62. The van der Waals surface area contributed by atoms with Crippen LogP contribution in [-0.4, -0.2) is 51.3 Å². The zero-order valence-corrected chi connectivity index (χ0v) is 15.5. The van der Waals surface area contributed by atoms with Crippen LogP contribution in [0.4, 0.5) is 23.4 Å². The Hall–Kier alpha value is -3.29. The van der Waals surface area contributed by atoms with Crippen LogP contribution >= 0.6 is 0 Å². The van der Waals surface area contributed by atoms with Gasteiger partial charge in [-0.25, -0.2) is 9.97 Å². The second kappa shape index (κ2) is 7.53. The summed E-state index contributed by atoms with van der Waals surface area (Å²) in [6.07, 6.45) is 5.26. The SMILES string of the molecule is Cc1ccc(C)c(Nc2nncc(N3CCN(c4ncccn4)CC3)n2)c1. The number of nitrogens with zero attached hydrogens (tertiary/aromatic N) is 7. The number of nitrogens with one attached hydrogen (secondary N) is 1. The predicted octanol–water partition coefficient (Wildman–Crippen LogP) is 2.35. The molecule has 0 bridgehead atoms. The van der Waals surface area contributed by atoms with Crippen molar-refractivity contribution in [3.05, 3.63) is 54.0 Å². The van der Waals surface area contributed by atoms with Crippen molar-refractivity contribution in [2.45, 2.75) is 13.8 Å². The molecular weight excluding hydrogens is 340 g/mol. The fourth-order valence-electron chi connectivity index (χ4n) is 3.08. The zero-order valence-electron chi connectivity index (χ0n) is 15.5. The highest BCUT2D eigenvalue weighted by atomic mass is 15.4. The van der Waals surface area contributed by atoms with Crippen LogP contribution in [0.25, 0.3) is 0 Å². The van der Waals surface area contributed by atoms with Crippen molar-refractivity contribution in [2.75, 3.05) is 41.3 Å². The number of hydrogen-bond acceptors (Lipinski definition) is 8. The van der Waals surface area contributed by atoms with Gasteiger partial charge >= 0.3 is 0 Å². The summed E-state index contributed by atoms with van der Waals surface area (Å²) < 4.78 is 0. The molecular formula is C19H22N8. The molecule has 1 fully saturated rings. The van der Waals surface area contributed by atoms with Crippen molar-refractivity contribution in [3.8, 4) is 0 Å². The smallest absolute Gasteiger partial charge is 0.249 e. The number of benzene rings is 1. The fraction of sp³-hybridized carbons (Fsp3) is 0.316. The van der Waals surface area contributed by atoms with E-state index in [1.807, 2.05) is 6.07 Å². The number of aryl methyl sites for hydroxylation is 2. The Bertz CT molecular complexity index is 907. The van der Waals surface area contributed by atoms with Crippen molar-refractivity contribution in [1.82, 2.24) is 25.1 Å². The van der Waals surface area contributed by atoms with Gasteiger partial charge in [-0.05, 0) is 37.1 Å². The highest BCUT2D eigenvalue weighted by molar-refractivity contribution is 5.60. The first kappa shape index (κ1) is 17.1. The van der Waals surface area contributed by atoms with Crippen molar-refractivity contribution in [3.63, 3.8) is 0 Å². The van der Waals surface area contributed by atoms with Crippen LogP contribution < -0.4 is 15.1 Å². The Balaban J connectivity index is 1.45. The van der Waals surface area contributed by atoms with E-state index in [2.05, 4.69) is 72.3 Å². The average molecular weight is 362 g/mol. The van der Waals surface area contributed by atoms with Crippen LogP contribution in [-0.2, 0) is 0 Å². The third kappa shape index (κ3) is 3.94. The van der Waals surface area contributed by atoms with E-state index >= 15 is 0 Å². The van der Waals surface area contributed by atoms with Crippen LogP contribution in [0, 0.1) is 13.8 Å². The molecule has 8 nitrogen and oxygen atoms in total. The average Bonchev–Trinajstić information content (AvgIpc) is 2.72. The monoisotopic (exact) mass is 362 g/mol. The summed E-state index contributed by atoms with van der Waals surface area (Å²) in [5.41, 5.74) is 3.33. The van der Waals surface area contributed by atoms with Gasteiger partial charge in [-0.2, -0.15) is 10.1 Å². The van der Waals surface area contributed by atoms with Gasteiger partial charge in [0.1, 0.15) is 0 Å². The lowest BCUT2D eigenvalue weighted by Crippen LogP contribution is -2.47. The molecule has 2 aromatic heterocycles. The van der Waals surface area contributed by atoms with E-state index in [1.165, 1.54) is 5.56 Å².